The predicted octanol–water partition coefficient (Wildman–Crippen LogP) is 5.53. The summed E-state index contributed by atoms with van der Waals surface area (Å²) in [7, 11) is 1.87. The fourth-order valence-electron chi connectivity index (χ4n) is 4.13. The summed E-state index contributed by atoms with van der Waals surface area (Å²) in [6, 6.07) is 21.7. The van der Waals surface area contributed by atoms with Crippen molar-refractivity contribution in [3.8, 4) is 16.9 Å². The Morgan fingerprint density at radius 1 is 0.946 bits per heavy atom. The van der Waals surface area contributed by atoms with E-state index in [1.165, 1.54) is 22.5 Å². The summed E-state index contributed by atoms with van der Waals surface area (Å²) in [4.78, 5) is 23.5. The molecule has 3 aromatic heterocycles. The summed E-state index contributed by atoms with van der Waals surface area (Å²) in [6.45, 7) is 8.03. The molecule has 0 unspecified atom stereocenters. The number of rotatable bonds is 5. The molecule has 0 aliphatic heterocycles. The number of nitrogens with zero attached hydrogens (tertiary/aromatic N) is 6. The van der Waals surface area contributed by atoms with Gasteiger partial charge in [0.05, 0.1) is 28.5 Å². The molecule has 0 N–H and O–H groups in total. The van der Waals surface area contributed by atoms with Gasteiger partial charge in [-0.05, 0) is 69.2 Å². The van der Waals surface area contributed by atoms with Crippen molar-refractivity contribution in [2.75, 3.05) is 0 Å². The van der Waals surface area contributed by atoms with Crippen LogP contribution in [0.1, 0.15) is 29.4 Å². The van der Waals surface area contributed by atoms with Gasteiger partial charge in [0.1, 0.15) is 0 Å². The van der Waals surface area contributed by atoms with Crippen LogP contribution in [0.2, 0.25) is 0 Å². The fourth-order valence-corrected chi connectivity index (χ4v) is 4.97. The number of pyridine rings is 1. The third-order valence-corrected chi connectivity index (χ3v) is 7.32. The van der Waals surface area contributed by atoms with Gasteiger partial charge >= 0.3 is 0 Å². The molecule has 186 valence electrons. The summed E-state index contributed by atoms with van der Waals surface area (Å²) >= 11 is 1.45. The SMILES string of the molecule is CC(=Nn1c(-c2ccc(C)c(C)c2)csc1=Nc1c(C)n(C)n(-c2ccccc2)c1=O)c1ccccn1. The van der Waals surface area contributed by atoms with Crippen molar-refractivity contribution in [2.45, 2.75) is 27.7 Å². The van der Waals surface area contributed by atoms with Crippen molar-refractivity contribution < 1.29 is 0 Å². The summed E-state index contributed by atoms with van der Waals surface area (Å²) in [6.07, 6.45) is 1.75. The van der Waals surface area contributed by atoms with Crippen LogP contribution >= 0.6 is 11.3 Å². The zero-order valence-corrected chi connectivity index (χ0v) is 22.3. The molecule has 0 amide bonds. The number of thiazole rings is 1. The van der Waals surface area contributed by atoms with Gasteiger partial charge in [0.15, 0.2) is 5.69 Å². The standard InChI is InChI=1S/C29H28N6OS/c1-19-14-15-23(17-20(19)2)26-18-37-29(34(26)32-21(3)25-13-9-10-16-30-25)31-27-22(4)33(5)35(28(27)36)24-11-7-6-8-12-24/h6-18H,1-5H3. The van der Waals surface area contributed by atoms with E-state index in [1.54, 1.807) is 10.9 Å². The van der Waals surface area contributed by atoms with Crippen LogP contribution in [0.5, 0.6) is 0 Å². The number of para-hydroxylation sites is 1. The van der Waals surface area contributed by atoms with Crippen molar-refractivity contribution in [3.05, 3.63) is 116 Å². The molecule has 0 bridgehead atoms. The zero-order chi connectivity index (χ0) is 26.1. The zero-order valence-electron chi connectivity index (χ0n) is 21.5. The van der Waals surface area contributed by atoms with E-state index in [0.29, 0.717) is 10.5 Å². The minimum atomic E-state index is -0.177. The van der Waals surface area contributed by atoms with Gasteiger partial charge in [0.25, 0.3) is 5.56 Å². The molecule has 7 nitrogen and oxygen atoms in total. The van der Waals surface area contributed by atoms with Gasteiger partial charge in [-0.2, -0.15) is 5.10 Å². The molecule has 0 aliphatic carbocycles. The van der Waals surface area contributed by atoms with E-state index in [2.05, 4.69) is 37.0 Å². The van der Waals surface area contributed by atoms with Gasteiger partial charge in [-0.25, -0.2) is 14.4 Å². The Hall–Kier alpha value is -4.30. The lowest BCUT2D eigenvalue weighted by molar-refractivity contribution is 0.630. The van der Waals surface area contributed by atoms with Crippen LogP contribution in [0, 0.1) is 20.8 Å². The molecule has 3 heterocycles. The van der Waals surface area contributed by atoms with E-state index >= 15 is 0 Å². The fraction of sp³-hybridized carbons (Fsp3) is 0.172. The van der Waals surface area contributed by atoms with Crippen LogP contribution in [-0.4, -0.2) is 24.7 Å². The molecule has 5 rings (SSSR count). The average Bonchev–Trinajstić information content (AvgIpc) is 3.40. The Balaban J connectivity index is 1.74. The minimum Gasteiger partial charge on any atom is -0.283 e. The average molecular weight is 509 g/mol. The number of hydrogen-bond donors (Lipinski definition) is 0. The van der Waals surface area contributed by atoms with Crippen molar-refractivity contribution in [3.63, 3.8) is 0 Å². The highest BCUT2D eigenvalue weighted by molar-refractivity contribution is 7.07. The number of aromatic nitrogens is 4. The van der Waals surface area contributed by atoms with Crippen molar-refractivity contribution in [2.24, 2.45) is 17.1 Å². The molecular weight excluding hydrogens is 480 g/mol. The van der Waals surface area contributed by atoms with Gasteiger partial charge in [0.2, 0.25) is 4.80 Å². The molecule has 0 radical (unpaired) electrons. The van der Waals surface area contributed by atoms with Crippen LogP contribution in [-0.2, 0) is 7.05 Å². The molecule has 0 spiro atoms. The van der Waals surface area contributed by atoms with Crippen LogP contribution in [0.3, 0.4) is 0 Å². The molecule has 8 heteroatoms. The summed E-state index contributed by atoms with van der Waals surface area (Å²) in [5.74, 6) is 0. The molecule has 0 fully saturated rings. The summed E-state index contributed by atoms with van der Waals surface area (Å²) in [5, 5.41) is 6.97. The van der Waals surface area contributed by atoms with Crippen LogP contribution in [0.4, 0.5) is 5.69 Å². The Morgan fingerprint density at radius 2 is 1.70 bits per heavy atom. The minimum absolute atomic E-state index is 0.177. The van der Waals surface area contributed by atoms with E-state index in [0.717, 1.165) is 34.0 Å². The molecule has 0 atom stereocenters. The highest BCUT2D eigenvalue weighted by Gasteiger charge is 2.17. The molecule has 2 aromatic carbocycles. The van der Waals surface area contributed by atoms with Crippen molar-refractivity contribution >= 4 is 22.7 Å². The maximum atomic E-state index is 13.5. The summed E-state index contributed by atoms with van der Waals surface area (Å²) in [5.41, 5.74) is 7.66. The number of aryl methyl sites for hydroxylation is 2. The van der Waals surface area contributed by atoms with Gasteiger partial charge in [0, 0.05) is 24.2 Å². The second-order valence-corrected chi connectivity index (χ2v) is 9.77. The Labute approximate surface area is 219 Å². The van der Waals surface area contributed by atoms with Gasteiger partial charge < -0.3 is 0 Å². The van der Waals surface area contributed by atoms with E-state index in [-0.39, 0.29) is 5.56 Å². The van der Waals surface area contributed by atoms with E-state index in [1.807, 2.05) is 84.2 Å². The molecule has 0 saturated heterocycles. The molecular formula is C29H28N6OS. The van der Waals surface area contributed by atoms with Gasteiger partial charge in [-0.1, -0.05) is 36.4 Å². The maximum Gasteiger partial charge on any atom is 0.297 e. The Morgan fingerprint density at radius 3 is 2.41 bits per heavy atom. The number of benzene rings is 2. The molecule has 0 saturated carbocycles. The van der Waals surface area contributed by atoms with E-state index in [9.17, 15) is 4.79 Å². The first-order chi connectivity index (χ1) is 17.8. The monoisotopic (exact) mass is 508 g/mol. The second kappa shape index (κ2) is 9.99. The van der Waals surface area contributed by atoms with Gasteiger partial charge in [-0.15, -0.1) is 11.3 Å². The first-order valence-electron chi connectivity index (χ1n) is 12.0. The van der Waals surface area contributed by atoms with E-state index < -0.39 is 0 Å². The Kier molecular flexibility index (Phi) is 6.58. The van der Waals surface area contributed by atoms with Crippen molar-refractivity contribution in [1.29, 1.82) is 0 Å². The normalized spacial score (nSPS) is 12.4. The molecule has 5 aromatic rings. The third kappa shape index (κ3) is 4.63. The predicted molar refractivity (Wildman–Crippen MR) is 150 cm³/mol. The first kappa shape index (κ1) is 24.4. The lowest BCUT2D eigenvalue weighted by Crippen LogP contribution is -2.20. The summed E-state index contributed by atoms with van der Waals surface area (Å²) < 4.78 is 5.29. The lowest BCUT2D eigenvalue weighted by Gasteiger charge is -2.08. The lowest BCUT2D eigenvalue weighted by atomic mass is 10.1. The Bertz CT molecular complexity index is 1740. The highest BCUT2D eigenvalue weighted by atomic mass is 32.1. The van der Waals surface area contributed by atoms with Crippen LogP contribution in [0.25, 0.3) is 16.9 Å². The van der Waals surface area contributed by atoms with Crippen LogP contribution < -0.4 is 10.4 Å². The van der Waals surface area contributed by atoms with E-state index in [4.69, 9.17) is 10.1 Å². The van der Waals surface area contributed by atoms with Crippen LogP contribution in [0.15, 0.2) is 93.2 Å². The smallest absolute Gasteiger partial charge is 0.283 e. The highest BCUT2D eigenvalue weighted by Crippen LogP contribution is 2.24. The largest absolute Gasteiger partial charge is 0.297 e. The molecule has 0 aliphatic rings. The number of hydrogen-bond acceptors (Lipinski definition) is 5. The third-order valence-electron chi connectivity index (χ3n) is 6.50. The van der Waals surface area contributed by atoms with Gasteiger partial charge in [-0.3, -0.25) is 14.5 Å². The topological polar surface area (TPSA) is 69.5 Å². The first-order valence-corrected chi connectivity index (χ1v) is 12.9. The quantitative estimate of drug-likeness (QED) is 0.293. The second-order valence-electron chi connectivity index (χ2n) is 8.94. The van der Waals surface area contributed by atoms with Crippen molar-refractivity contribution in [1.82, 2.24) is 19.0 Å². The molecule has 37 heavy (non-hydrogen) atoms. The maximum absolute atomic E-state index is 13.5.